The van der Waals surface area contributed by atoms with Crippen molar-refractivity contribution < 1.29 is 14.0 Å². The standard InChI is InChI=1S/C24H28N2O3/c27-23(16-18-6-2-1-3-7-18)26-14-4-8-20(17-26)24(28)25-21-12-10-19(11-13-21)22-9-5-15-29-22/h5-6,9-13,15,20H,1-4,7-8,14,16-17H2,(H,25,28)/t20-/m1/s1. The zero-order valence-corrected chi connectivity index (χ0v) is 16.7. The summed E-state index contributed by atoms with van der Waals surface area (Å²) in [5, 5.41) is 3.01. The second kappa shape index (κ2) is 9.12. The lowest BCUT2D eigenvalue weighted by Gasteiger charge is -2.32. The SMILES string of the molecule is O=C(Nc1ccc(-c2ccco2)cc1)[C@@H]1CCCN(C(=O)CC2=CCCCC2)C1. The zero-order chi connectivity index (χ0) is 20.1. The quantitative estimate of drug-likeness (QED) is 0.727. The number of carbonyl (C=O) groups excluding carboxylic acids is 2. The highest BCUT2D eigenvalue weighted by Crippen LogP contribution is 2.25. The van der Waals surface area contributed by atoms with Gasteiger partial charge in [-0.2, -0.15) is 0 Å². The topological polar surface area (TPSA) is 62.6 Å². The Hall–Kier alpha value is -2.82. The molecule has 2 aromatic rings. The molecule has 2 aliphatic rings. The van der Waals surface area contributed by atoms with Crippen molar-refractivity contribution in [1.82, 2.24) is 4.90 Å². The van der Waals surface area contributed by atoms with Crippen LogP contribution in [0.5, 0.6) is 0 Å². The van der Waals surface area contributed by atoms with Crippen molar-refractivity contribution in [3.05, 3.63) is 54.3 Å². The molecule has 2 amide bonds. The number of anilines is 1. The fourth-order valence-corrected chi connectivity index (χ4v) is 4.19. The highest BCUT2D eigenvalue weighted by atomic mass is 16.3. The van der Waals surface area contributed by atoms with Crippen molar-refractivity contribution in [3.63, 3.8) is 0 Å². The number of rotatable bonds is 5. The molecule has 1 aliphatic carbocycles. The summed E-state index contributed by atoms with van der Waals surface area (Å²) < 4.78 is 5.40. The third-order valence-corrected chi connectivity index (χ3v) is 5.87. The lowest BCUT2D eigenvalue weighted by Crippen LogP contribution is -2.43. The minimum Gasteiger partial charge on any atom is -0.464 e. The molecule has 0 bridgehead atoms. The number of hydrogen-bond donors (Lipinski definition) is 1. The van der Waals surface area contributed by atoms with E-state index in [0.29, 0.717) is 13.0 Å². The second-order valence-corrected chi connectivity index (χ2v) is 8.01. The van der Waals surface area contributed by atoms with Crippen LogP contribution in [0.25, 0.3) is 11.3 Å². The number of hydrogen-bond acceptors (Lipinski definition) is 3. The smallest absolute Gasteiger partial charge is 0.229 e. The molecule has 0 radical (unpaired) electrons. The zero-order valence-electron chi connectivity index (χ0n) is 16.7. The average Bonchev–Trinajstić information content (AvgIpc) is 3.30. The summed E-state index contributed by atoms with van der Waals surface area (Å²) in [7, 11) is 0. The molecule has 0 spiro atoms. The summed E-state index contributed by atoms with van der Waals surface area (Å²) >= 11 is 0. The van der Waals surface area contributed by atoms with Crippen LogP contribution in [0.15, 0.2) is 58.7 Å². The van der Waals surface area contributed by atoms with Crippen LogP contribution in [0.4, 0.5) is 5.69 Å². The molecule has 1 fully saturated rings. The van der Waals surface area contributed by atoms with Crippen LogP contribution in [0.1, 0.15) is 44.9 Å². The lowest BCUT2D eigenvalue weighted by molar-refractivity contribution is -0.134. The van der Waals surface area contributed by atoms with Crippen LogP contribution in [0.3, 0.4) is 0 Å². The molecule has 4 rings (SSSR count). The first-order valence-electron chi connectivity index (χ1n) is 10.6. The van der Waals surface area contributed by atoms with Gasteiger partial charge in [-0.15, -0.1) is 0 Å². The van der Waals surface area contributed by atoms with E-state index in [2.05, 4.69) is 11.4 Å². The van der Waals surface area contributed by atoms with Gasteiger partial charge in [-0.1, -0.05) is 11.6 Å². The molecule has 1 aromatic heterocycles. The molecule has 1 N–H and O–H groups in total. The minimum absolute atomic E-state index is 0.00914. The van der Waals surface area contributed by atoms with E-state index in [0.717, 1.165) is 49.2 Å². The monoisotopic (exact) mass is 392 g/mol. The van der Waals surface area contributed by atoms with Gasteiger partial charge in [0.25, 0.3) is 0 Å². The van der Waals surface area contributed by atoms with Gasteiger partial charge in [-0.05, 0) is 74.9 Å². The van der Waals surface area contributed by atoms with Gasteiger partial charge in [-0.25, -0.2) is 0 Å². The molecule has 1 aliphatic heterocycles. The number of nitrogens with one attached hydrogen (secondary N) is 1. The van der Waals surface area contributed by atoms with Gasteiger partial charge >= 0.3 is 0 Å². The number of likely N-dealkylation sites (tertiary alicyclic amines) is 1. The van der Waals surface area contributed by atoms with Crippen molar-refractivity contribution in [2.45, 2.75) is 44.9 Å². The number of nitrogens with zero attached hydrogens (tertiary/aromatic N) is 1. The summed E-state index contributed by atoms with van der Waals surface area (Å²) in [6, 6.07) is 11.4. The Morgan fingerprint density at radius 3 is 2.69 bits per heavy atom. The second-order valence-electron chi connectivity index (χ2n) is 8.01. The van der Waals surface area contributed by atoms with E-state index in [1.165, 1.54) is 18.4 Å². The van der Waals surface area contributed by atoms with E-state index in [4.69, 9.17) is 4.42 Å². The number of piperidine rings is 1. The van der Waals surface area contributed by atoms with Gasteiger partial charge in [0.2, 0.25) is 11.8 Å². The first kappa shape index (κ1) is 19.5. The summed E-state index contributed by atoms with van der Waals surface area (Å²) in [4.78, 5) is 27.3. The first-order valence-corrected chi connectivity index (χ1v) is 10.6. The van der Waals surface area contributed by atoms with Crippen molar-refractivity contribution in [2.24, 2.45) is 5.92 Å². The van der Waals surface area contributed by atoms with Crippen LogP contribution in [-0.4, -0.2) is 29.8 Å². The minimum atomic E-state index is -0.155. The van der Waals surface area contributed by atoms with Gasteiger partial charge in [0.1, 0.15) is 5.76 Å². The van der Waals surface area contributed by atoms with Crippen LogP contribution in [0, 0.1) is 5.92 Å². The summed E-state index contributed by atoms with van der Waals surface area (Å²) in [5.74, 6) is 0.804. The Morgan fingerprint density at radius 2 is 1.97 bits per heavy atom. The summed E-state index contributed by atoms with van der Waals surface area (Å²) in [6.45, 7) is 1.27. The van der Waals surface area contributed by atoms with Gasteiger partial charge in [0.15, 0.2) is 0 Å². The Labute approximate surface area is 171 Å². The Morgan fingerprint density at radius 1 is 1.10 bits per heavy atom. The number of furan rings is 1. The molecule has 5 nitrogen and oxygen atoms in total. The molecule has 1 saturated heterocycles. The van der Waals surface area contributed by atoms with Gasteiger partial charge in [0.05, 0.1) is 12.2 Å². The highest BCUT2D eigenvalue weighted by molar-refractivity contribution is 5.93. The summed E-state index contributed by atoms with van der Waals surface area (Å²) in [5.41, 5.74) is 3.00. The fraction of sp³-hybridized carbons (Fsp3) is 0.417. The molecule has 2 heterocycles. The number of carbonyl (C=O) groups is 2. The largest absolute Gasteiger partial charge is 0.464 e. The number of allylic oxidation sites excluding steroid dienone is 1. The molecule has 1 aromatic carbocycles. The molecule has 0 unspecified atom stereocenters. The van der Waals surface area contributed by atoms with E-state index in [1.54, 1.807) is 6.26 Å². The average molecular weight is 392 g/mol. The predicted molar refractivity (Wildman–Crippen MR) is 113 cm³/mol. The van der Waals surface area contributed by atoms with Crippen LogP contribution < -0.4 is 5.32 Å². The predicted octanol–water partition coefficient (Wildman–Crippen LogP) is 5.01. The Bertz CT molecular complexity index is 868. The molecule has 152 valence electrons. The number of amides is 2. The maximum absolute atomic E-state index is 12.8. The molecular weight excluding hydrogens is 364 g/mol. The molecular formula is C24H28N2O3. The fourth-order valence-electron chi connectivity index (χ4n) is 4.19. The third-order valence-electron chi connectivity index (χ3n) is 5.87. The van der Waals surface area contributed by atoms with Crippen LogP contribution >= 0.6 is 0 Å². The van der Waals surface area contributed by atoms with E-state index >= 15 is 0 Å². The lowest BCUT2D eigenvalue weighted by atomic mass is 9.94. The van der Waals surface area contributed by atoms with Crippen molar-refractivity contribution in [1.29, 1.82) is 0 Å². The van der Waals surface area contributed by atoms with Gasteiger partial charge < -0.3 is 14.6 Å². The van der Waals surface area contributed by atoms with Gasteiger partial charge in [-0.3, -0.25) is 9.59 Å². The number of benzene rings is 1. The normalized spacial score (nSPS) is 19.5. The van der Waals surface area contributed by atoms with Gasteiger partial charge in [0, 0.05) is 30.8 Å². The van der Waals surface area contributed by atoms with E-state index in [1.807, 2.05) is 41.3 Å². The van der Waals surface area contributed by atoms with Crippen molar-refractivity contribution in [2.75, 3.05) is 18.4 Å². The van der Waals surface area contributed by atoms with Crippen molar-refractivity contribution in [3.8, 4) is 11.3 Å². The maximum Gasteiger partial charge on any atom is 0.229 e. The van der Waals surface area contributed by atoms with Crippen LogP contribution in [0.2, 0.25) is 0 Å². The van der Waals surface area contributed by atoms with E-state index < -0.39 is 0 Å². The van der Waals surface area contributed by atoms with Crippen LogP contribution in [-0.2, 0) is 9.59 Å². The molecule has 29 heavy (non-hydrogen) atoms. The van der Waals surface area contributed by atoms with E-state index in [-0.39, 0.29) is 17.7 Å². The molecule has 0 saturated carbocycles. The third kappa shape index (κ3) is 4.97. The highest BCUT2D eigenvalue weighted by Gasteiger charge is 2.28. The molecule has 1 atom stereocenters. The summed E-state index contributed by atoms with van der Waals surface area (Å²) in [6.07, 6.45) is 10.6. The molecule has 5 heteroatoms. The Balaban J connectivity index is 1.32. The maximum atomic E-state index is 12.8. The van der Waals surface area contributed by atoms with E-state index in [9.17, 15) is 9.59 Å². The van der Waals surface area contributed by atoms with Crippen molar-refractivity contribution >= 4 is 17.5 Å². The Kier molecular flexibility index (Phi) is 6.13. The first-order chi connectivity index (χ1) is 14.2.